The SMILES string of the molecule is C=CCCCCCCCCCCCCCCC.CC.CCCCC(C)CCCC. The molecular formula is C29H62. The number of rotatable bonds is 20. The van der Waals surface area contributed by atoms with Crippen molar-refractivity contribution in [1.29, 1.82) is 0 Å². The molecule has 0 aliphatic carbocycles. The van der Waals surface area contributed by atoms with Gasteiger partial charge in [-0.05, 0) is 18.8 Å². The molecular weight excluding hydrogens is 348 g/mol. The van der Waals surface area contributed by atoms with Crippen molar-refractivity contribution in [2.24, 2.45) is 5.92 Å². The maximum absolute atomic E-state index is 3.75. The molecule has 0 aromatic heterocycles. The molecule has 0 bridgehead atoms. The van der Waals surface area contributed by atoms with Crippen LogP contribution < -0.4 is 0 Å². The number of unbranched alkanes of at least 4 members (excludes halogenated alkanes) is 15. The standard InChI is InChI=1S/C17H34.C10H22.C2H6/c1-3-5-7-9-11-13-15-17-16-14-12-10-8-6-4-2;1-4-6-8-10(3)9-7-5-2;1-2/h3H,1,4-17H2,2H3;10H,4-9H2,1-3H3;1-2H3. The molecule has 178 valence electrons. The van der Waals surface area contributed by atoms with Crippen LogP contribution in [0.4, 0.5) is 0 Å². The normalized spacial score (nSPS) is 10.2. The van der Waals surface area contributed by atoms with Crippen LogP contribution in [-0.4, -0.2) is 0 Å². The van der Waals surface area contributed by atoms with E-state index >= 15 is 0 Å². The monoisotopic (exact) mass is 410 g/mol. The van der Waals surface area contributed by atoms with E-state index < -0.39 is 0 Å². The summed E-state index contributed by atoms with van der Waals surface area (Å²) in [5.41, 5.74) is 0. The summed E-state index contributed by atoms with van der Waals surface area (Å²) in [6.07, 6.45) is 30.4. The zero-order chi connectivity index (χ0) is 22.4. The summed E-state index contributed by atoms with van der Waals surface area (Å²) < 4.78 is 0. The minimum Gasteiger partial charge on any atom is -0.103 e. The van der Waals surface area contributed by atoms with Crippen LogP contribution in [0.3, 0.4) is 0 Å². The van der Waals surface area contributed by atoms with E-state index in [0.717, 1.165) is 5.92 Å². The highest BCUT2D eigenvalue weighted by Gasteiger charge is 1.98. The molecule has 0 aromatic rings. The Morgan fingerprint density at radius 3 is 1.14 bits per heavy atom. The van der Waals surface area contributed by atoms with Crippen LogP contribution in [0.1, 0.15) is 170 Å². The van der Waals surface area contributed by atoms with E-state index in [1.54, 1.807) is 0 Å². The summed E-state index contributed by atoms with van der Waals surface area (Å²) in [5, 5.41) is 0. The van der Waals surface area contributed by atoms with E-state index in [2.05, 4.69) is 34.3 Å². The highest BCUT2D eigenvalue weighted by atomic mass is 14.0. The van der Waals surface area contributed by atoms with Gasteiger partial charge >= 0.3 is 0 Å². The lowest BCUT2D eigenvalue weighted by atomic mass is 9.98. The van der Waals surface area contributed by atoms with Gasteiger partial charge < -0.3 is 0 Å². The molecule has 0 aromatic carbocycles. The van der Waals surface area contributed by atoms with Crippen LogP contribution in [0, 0.1) is 5.92 Å². The van der Waals surface area contributed by atoms with E-state index in [1.165, 1.54) is 128 Å². The second-order valence-corrected chi connectivity index (χ2v) is 8.71. The van der Waals surface area contributed by atoms with Crippen molar-refractivity contribution in [1.82, 2.24) is 0 Å². The molecule has 0 spiro atoms. The number of hydrogen-bond donors (Lipinski definition) is 0. The average Bonchev–Trinajstić information content (AvgIpc) is 2.76. The average molecular weight is 411 g/mol. The first-order valence-electron chi connectivity index (χ1n) is 13.8. The molecule has 0 aliphatic heterocycles. The fraction of sp³-hybridized carbons (Fsp3) is 0.931. The van der Waals surface area contributed by atoms with Crippen molar-refractivity contribution < 1.29 is 0 Å². The van der Waals surface area contributed by atoms with Crippen molar-refractivity contribution in [3.63, 3.8) is 0 Å². The zero-order valence-electron chi connectivity index (χ0n) is 22.0. The minimum absolute atomic E-state index is 0.972. The molecule has 0 fully saturated rings. The minimum atomic E-state index is 0.972. The zero-order valence-corrected chi connectivity index (χ0v) is 22.0. The predicted octanol–water partition coefficient (Wildman–Crippen LogP) is 11.7. The molecule has 0 radical (unpaired) electrons. The Morgan fingerprint density at radius 1 is 0.517 bits per heavy atom. The Kier molecular flexibility index (Phi) is 40.5. The fourth-order valence-electron chi connectivity index (χ4n) is 3.56. The summed E-state index contributed by atoms with van der Waals surface area (Å²) in [7, 11) is 0. The maximum Gasteiger partial charge on any atom is -0.0353 e. The van der Waals surface area contributed by atoms with Crippen LogP contribution in [-0.2, 0) is 0 Å². The van der Waals surface area contributed by atoms with Gasteiger partial charge in [0.15, 0.2) is 0 Å². The smallest absolute Gasteiger partial charge is 0.0353 e. The van der Waals surface area contributed by atoms with Gasteiger partial charge in [-0.25, -0.2) is 0 Å². The first-order valence-corrected chi connectivity index (χ1v) is 13.8. The van der Waals surface area contributed by atoms with Gasteiger partial charge in [0.1, 0.15) is 0 Å². The highest BCUT2D eigenvalue weighted by Crippen LogP contribution is 2.14. The Labute approximate surface area is 188 Å². The lowest BCUT2D eigenvalue weighted by Gasteiger charge is -2.08. The fourth-order valence-corrected chi connectivity index (χ4v) is 3.56. The van der Waals surface area contributed by atoms with Gasteiger partial charge in [0.2, 0.25) is 0 Å². The van der Waals surface area contributed by atoms with Gasteiger partial charge in [-0.15, -0.1) is 6.58 Å². The largest absolute Gasteiger partial charge is 0.103 e. The van der Waals surface area contributed by atoms with Crippen molar-refractivity contribution in [2.45, 2.75) is 170 Å². The maximum atomic E-state index is 3.75. The summed E-state index contributed by atoms with van der Waals surface area (Å²) in [4.78, 5) is 0. The molecule has 0 nitrogen and oxygen atoms in total. The highest BCUT2D eigenvalue weighted by molar-refractivity contribution is 4.65. The Balaban J connectivity index is -0.000000479. The first-order chi connectivity index (χ1) is 14.2. The van der Waals surface area contributed by atoms with Gasteiger partial charge in [-0.2, -0.15) is 0 Å². The third-order valence-electron chi connectivity index (χ3n) is 5.61. The van der Waals surface area contributed by atoms with Crippen molar-refractivity contribution >= 4 is 0 Å². The summed E-state index contributed by atoms with van der Waals surface area (Å²) >= 11 is 0. The van der Waals surface area contributed by atoms with E-state index in [1.807, 2.05) is 19.9 Å². The van der Waals surface area contributed by atoms with E-state index in [9.17, 15) is 0 Å². The molecule has 0 heterocycles. The molecule has 0 saturated heterocycles. The van der Waals surface area contributed by atoms with Crippen molar-refractivity contribution in [2.75, 3.05) is 0 Å². The van der Waals surface area contributed by atoms with Crippen molar-refractivity contribution in [3.8, 4) is 0 Å². The van der Waals surface area contributed by atoms with Crippen LogP contribution in [0.15, 0.2) is 12.7 Å². The van der Waals surface area contributed by atoms with Crippen LogP contribution in [0.5, 0.6) is 0 Å². The third-order valence-corrected chi connectivity index (χ3v) is 5.61. The Bertz CT molecular complexity index is 234. The molecule has 0 rings (SSSR count). The van der Waals surface area contributed by atoms with Crippen LogP contribution in [0.25, 0.3) is 0 Å². The Morgan fingerprint density at radius 2 is 0.828 bits per heavy atom. The van der Waals surface area contributed by atoms with Crippen LogP contribution in [0.2, 0.25) is 0 Å². The number of hydrogen-bond acceptors (Lipinski definition) is 0. The molecule has 0 saturated carbocycles. The summed E-state index contributed by atoms with van der Waals surface area (Å²) in [6.45, 7) is 17.0. The van der Waals surface area contributed by atoms with Crippen molar-refractivity contribution in [3.05, 3.63) is 12.7 Å². The lowest BCUT2D eigenvalue weighted by Crippen LogP contribution is -1.93. The third kappa shape index (κ3) is 38.9. The molecule has 0 aliphatic rings. The van der Waals surface area contributed by atoms with Gasteiger partial charge in [0.05, 0.1) is 0 Å². The van der Waals surface area contributed by atoms with Crippen LogP contribution >= 0.6 is 0 Å². The summed E-state index contributed by atoms with van der Waals surface area (Å²) in [5.74, 6) is 0.972. The van der Waals surface area contributed by atoms with Gasteiger partial charge in [0, 0.05) is 0 Å². The quantitative estimate of drug-likeness (QED) is 0.138. The summed E-state index contributed by atoms with van der Waals surface area (Å²) in [6, 6.07) is 0. The molecule has 0 unspecified atom stereocenters. The van der Waals surface area contributed by atoms with E-state index in [0.29, 0.717) is 0 Å². The first kappa shape index (κ1) is 33.4. The topological polar surface area (TPSA) is 0 Å². The van der Waals surface area contributed by atoms with Gasteiger partial charge in [-0.3, -0.25) is 0 Å². The molecule has 0 N–H and O–H groups in total. The molecule has 29 heavy (non-hydrogen) atoms. The van der Waals surface area contributed by atoms with Gasteiger partial charge in [0.25, 0.3) is 0 Å². The molecule has 0 atom stereocenters. The van der Waals surface area contributed by atoms with Gasteiger partial charge in [-0.1, -0.05) is 163 Å². The number of allylic oxidation sites excluding steroid dienone is 1. The second-order valence-electron chi connectivity index (χ2n) is 8.71. The van der Waals surface area contributed by atoms with E-state index in [-0.39, 0.29) is 0 Å². The Hall–Kier alpha value is -0.260. The molecule has 0 amide bonds. The molecule has 0 heteroatoms. The van der Waals surface area contributed by atoms with E-state index in [4.69, 9.17) is 0 Å². The lowest BCUT2D eigenvalue weighted by molar-refractivity contribution is 0.454. The predicted molar refractivity (Wildman–Crippen MR) is 140 cm³/mol. The second kappa shape index (κ2) is 35.2.